The first-order valence-electron chi connectivity index (χ1n) is 5.05. The van der Waals surface area contributed by atoms with Crippen molar-refractivity contribution in [1.82, 2.24) is 0 Å². The van der Waals surface area contributed by atoms with Gasteiger partial charge >= 0.3 is 5.97 Å². The number of hydrogen-bond acceptors (Lipinski definition) is 2. The molecule has 0 aromatic carbocycles. The van der Waals surface area contributed by atoms with E-state index in [2.05, 4.69) is 0 Å². The SMILES string of the molecule is O=C1OC2[C@@H]3CCC[C@H]2CC1C3. The summed E-state index contributed by atoms with van der Waals surface area (Å²) < 4.78 is 5.41. The average Bonchev–Trinajstić information content (AvgIpc) is 2.03. The highest BCUT2D eigenvalue weighted by molar-refractivity contribution is 5.74. The van der Waals surface area contributed by atoms with Crippen molar-refractivity contribution in [2.24, 2.45) is 17.8 Å². The molecule has 2 aliphatic heterocycles. The van der Waals surface area contributed by atoms with E-state index in [9.17, 15) is 4.79 Å². The molecule has 0 amide bonds. The molecule has 2 heterocycles. The second-order valence-electron chi connectivity index (χ2n) is 4.52. The standard InChI is InChI=1S/C10H14O2/c11-10-8-4-6-2-1-3-7(5-8)9(6)12-10/h6-9H,1-5H2/t6-,7+,8?,9?. The van der Waals surface area contributed by atoms with Gasteiger partial charge in [-0.15, -0.1) is 0 Å². The van der Waals surface area contributed by atoms with Crippen LogP contribution >= 0.6 is 0 Å². The smallest absolute Gasteiger partial charge is 0.309 e. The van der Waals surface area contributed by atoms with Crippen molar-refractivity contribution in [3.63, 3.8) is 0 Å². The van der Waals surface area contributed by atoms with Crippen LogP contribution in [-0.2, 0) is 9.53 Å². The van der Waals surface area contributed by atoms with Crippen molar-refractivity contribution >= 4 is 5.97 Å². The topological polar surface area (TPSA) is 26.3 Å². The van der Waals surface area contributed by atoms with Crippen molar-refractivity contribution in [1.29, 1.82) is 0 Å². The van der Waals surface area contributed by atoms with E-state index in [0.29, 0.717) is 6.10 Å². The molecule has 4 aliphatic rings. The Morgan fingerprint density at radius 3 is 2.42 bits per heavy atom. The molecule has 0 spiro atoms. The molecule has 2 saturated carbocycles. The van der Waals surface area contributed by atoms with E-state index in [0.717, 1.165) is 24.7 Å². The Bertz CT molecular complexity index is 210. The molecule has 4 bridgehead atoms. The summed E-state index contributed by atoms with van der Waals surface area (Å²) in [7, 11) is 0. The zero-order valence-electron chi connectivity index (χ0n) is 7.16. The van der Waals surface area contributed by atoms with Crippen LogP contribution in [0, 0.1) is 17.8 Å². The molecule has 0 aromatic rings. The van der Waals surface area contributed by atoms with Crippen molar-refractivity contribution in [2.45, 2.75) is 38.2 Å². The lowest BCUT2D eigenvalue weighted by Crippen LogP contribution is -2.51. The largest absolute Gasteiger partial charge is 0.462 e. The summed E-state index contributed by atoms with van der Waals surface area (Å²) in [6.45, 7) is 0. The van der Waals surface area contributed by atoms with E-state index in [1.54, 1.807) is 0 Å². The summed E-state index contributed by atoms with van der Waals surface area (Å²) in [5.74, 6) is 1.81. The van der Waals surface area contributed by atoms with Crippen LogP contribution in [0.4, 0.5) is 0 Å². The van der Waals surface area contributed by atoms with Crippen LogP contribution in [-0.4, -0.2) is 12.1 Å². The first-order chi connectivity index (χ1) is 5.84. The lowest BCUT2D eigenvalue weighted by Gasteiger charge is -2.49. The van der Waals surface area contributed by atoms with Gasteiger partial charge in [-0.25, -0.2) is 0 Å². The minimum Gasteiger partial charge on any atom is -0.462 e. The second-order valence-corrected chi connectivity index (χ2v) is 4.52. The maximum atomic E-state index is 11.3. The van der Waals surface area contributed by atoms with Gasteiger partial charge < -0.3 is 4.74 Å². The van der Waals surface area contributed by atoms with Crippen LogP contribution in [0.15, 0.2) is 0 Å². The summed E-state index contributed by atoms with van der Waals surface area (Å²) >= 11 is 0. The van der Waals surface area contributed by atoms with Gasteiger partial charge in [-0.2, -0.15) is 0 Å². The Labute approximate surface area is 72.3 Å². The number of esters is 1. The third kappa shape index (κ3) is 0.782. The second kappa shape index (κ2) is 2.24. The lowest BCUT2D eigenvalue weighted by molar-refractivity contribution is -0.190. The minimum absolute atomic E-state index is 0.0920. The Balaban J connectivity index is 1.91. The van der Waals surface area contributed by atoms with Crippen LogP contribution in [0.1, 0.15) is 32.1 Å². The van der Waals surface area contributed by atoms with Crippen molar-refractivity contribution in [3.05, 3.63) is 0 Å². The van der Waals surface area contributed by atoms with Crippen LogP contribution in [0.25, 0.3) is 0 Å². The third-order valence-corrected chi connectivity index (χ3v) is 3.84. The molecule has 0 radical (unpaired) electrons. The fraction of sp³-hybridized carbons (Fsp3) is 0.900. The highest BCUT2D eigenvalue weighted by Gasteiger charge is 2.49. The Hall–Kier alpha value is -0.530. The maximum absolute atomic E-state index is 11.3. The first kappa shape index (κ1) is 6.93. The highest BCUT2D eigenvalue weighted by atomic mass is 16.5. The van der Waals surface area contributed by atoms with Crippen LogP contribution in [0.3, 0.4) is 0 Å². The van der Waals surface area contributed by atoms with Gasteiger partial charge in [0.2, 0.25) is 0 Å². The molecule has 0 aromatic heterocycles. The van der Waals surface area contributed by atoms with E-state index < -0.39 is 0 Å². The van der Waals surface area contributed by atoms with Gasteiger partial charge in [-0.1, -0.05) is 6.42 Å². The number of carbonyl (C=O) groups is 1. The molecular formula is C10H14O2. The fourth-order valence-electron chi connectivity index (χ4n) is 3.30. The quantitative estimate of drug-likeness (QED) is 0.512. The maximum Gasteiger partial charge on any atom is 0.309 e. The molecule has 4 rings (SSSR count). The Kier molecular flexibility index (Phi) is 1.29. The van der Waals surface area contributed by atoms with Crippen molar-refractivity contribution in [3.8, 4) is 0 Å². The molecule has 2 aliphatic carbocycles. The van der Waals surface area contributed by atoms with E-state index in [1.165, 1.54) is 19.3 Å². The predicted molar refractivity (Wildman–Crippen MR) is 43.4 cm³/mol. The zero-order chi connectivity index (χ0) is 8.13. The number of ether oxygens (including phenoxy) is 1. The molecule has 66 valence electrons. The van der Waals surface area contributed by atoms with Crippen LogP contribution < -0.4 is 0 Å². The molecule has 2 nitrogen and oxygen atoms in total. The molecule has 4 fully saturated rings. The van der Waals surface area contributed by atoms with Gasteiger partial charge in [-0.05, 0) is 37.5 Å². The Morgan fingerprint density at radius 2 is 1.83 bits per heavy atom. The van der Waals surface area contributed by atoms with Gasteiger partial charge in [0, 0.05) is 0 Å². The van der Waals surface area contributed by atoms with E-state index in [-0.39, 0.29) is 11.9 Å². The molecule has 2 heteroatoms. The monoisotopic (exact) mass is 166 g/mol. The van der Waals surface area contributed by atoms with Crippen molar-refractivity contribution < 1.29 is 9.53 Å². The summed E-state index contributed by atoms with van der Waals surface area (Å²) in [5.41, 5.74) is 0. The van der Waals surface area contributed by atoms with Crippen molar-refractivity contribution in [2.75, 3.05) is 0 Å². The average molecular weight is 166 g/mol. The third-order valence-electron chi connectivity index (χ3n) is 3.84. The molecule has 12 heavy (non-hydrogen) atoms. The first-order valence-corrected chi connectivity index (χ1v) is 5.05. The van der Waals surface area contributed by atoms with Gasteiger partial charge in [0.05, 0.1) is 5.92 Å². The molecular weight excluding hydrogens is 152 g/mol. The predicted octanol–water partition coefficient (Wildman–Crippen LogP) is 1.74. The van der Waals surface area contributed by atoms with E-state index in [4.69, 9.17) is 4.74 Å². The highest BCUT2D eigenvalue weighted by Crippen LogP contribution is 2.48. The van der Waals surface area contributed by atoms with E-state index >= 15 is 0 Å². The summed E-state index contributed by atoms with van der Waals surface area (Å²) in [6.07, 6.45) is 6.52. The van der Waals surface area contributed by atoms with Gasteiger partial charge in [-0.3, -0.25) is 4.79 Å². The number of hydrogen-bond donors (Lipinski definition) is 0. The minimum atomic E-state index is 0.0920. The molecule has 2 saturated heterocycles. The molecule has 2 unspecified atom stereocenters. The Morgan fingerprint density at radius 1 is 1.17 bits per heavy atom. The zero-order valence-corrected chi connectivity index (χ0v) is 7.16. The number of carbonyl (C=O) groups excluding carboxylic acids is 1. The van der Waals surface area contributed by atoms with Crippen LogP contribution in [0.5, 0.6) is 0 Å². The molecule has 4 atom stereocenters. The van der Waals surface area contributed by atoms with Gasteiger partial charge in [0.15, 0.2) is 0 Å². The lowest BCUT2D eigenvalue weighted by atomic mass is 9.64. The van der Waals surface area contributed by atoms with E-state index in [1.807, 2.05) is 0 Å². The normalized spacial score (nSPS) is 50.5. The summed E-state index contributed by atoms with van der Waals surface area (Å²) in [6, 6.07) is 0. The number of rotatable bonds is 0. The van der Waals surface area contributed by atoms with Gasteiger partial charge in [0.1, 0.15) is 6.10 Å². The van der Waals surface area contributed by atoms with Gasteiger partial charge in [0.25, 0.3) is 0 Å². The fourth-order valence-corrected chi connectivity index (χ4v) is 3.30. The van der Waals surface area contributed by atoms with Crippen LogP contribution in [0.2, 0.25) is 0 Å². The molecule has 0 N–H and O–H groups in total. The summed E-state index contributed by atoms with van der Waals surface area (Å²) in [4.78, 5) is 11.3. The summed E-state index contributed by atoms with van der Waals surface area (Å²) in [5, 5.41) is 0. The number of fused-ring (bicyclic) bond motifs is 1.